The monoisotopic (exact) mass is 323 g/mol. The lowest BCUT2D eigenvalue weighted by molar-refractivity contribution is -0.115. The predicted molar refractivity (Wildman–Crippen MR) is 83.8 cm³/mol. The first-order valence-corrected chi connectivity index (χ1v) is 7.11. The molecule has 1 amide bonds. The Kier molecular flexibility index (Phi) is 3.37. The minimum atomic E-state index is -0.314. The van der Waals surface area contributed by atoms with E-state index in [2.05, 4.69) is 5.32 Å². The molecule has 4 nitrogen and oxygen atoms in total. The highest BCUT2D eigenvalue weighted by Crippen LogP contribution is 2.26. The summed E-state index contributed by atoms with van der Waals surface area (Å²) in [4.78, 5) is 24.3. The van der Waals surface area contributed by atoms with E-state index in [1.165, 1.54) is 12.3 Å². The van der Waals surface area contributed by atoms with Gasteiger partial charge < -0.3 is 9.73 Å². The molecule has 0 saturated carbocycles. The molecule has 0 aliphatic carbocycles. The largest absolute Gasteiger partial charge is 0.462 e. The fourth-order valence-electron chi connectivity index (χ4n) is 1.80. The van der Waals surface area contributed by atoms with Crippen molar-refractivity contribution in [2.75, 3.05) is 0 Å². The Balaban J connectivity index is 2.17. The number of fused-ring (bicyclic) bond motifs is 1. The van der Waals surface area contributed by atoms with Gasteiger partial charge in [0, 0.05) is 0 Å². The fraction of sp³-hybridized carbons (Fsp3) is 0. The average molecular weight is 324 g/mol. The van der Waals surface area contributed by atoms with Gasteiger partial charge in [0.1, 0.15) is 10.6 Å². The third-order valence-electron chi connectivity index (χ3n) is 2.71. The number of thiocarbonyl (C=S) groups is 1. The van der Waals surface area contributed by atoms with Crippen LogP contribution in [0.1, 0.15) is 5.56 Å². The summed E-state index contributed by atoms with van der Waals surface area (Å²) in [5.41, 5.74) is 0.370. The zero-order valence-electron chi connectivity index (χ0n) is 9.81. The maximum atomic E-state index is 12.3. The van der Waals surface area contributed by atoms with Gasteiger partial charge in [-0.2, -0.15) is 0 Å². The van der Waals surface area contributed by atoms with Gasteiger partial charge >= 0.3 is 0 Å². The molecule has 2 aromatic rings. The van der Waals surface area contributed by atoms with Crippen molar-refractivity contribution in [3.05, 3.63) is 50.2 Å². The lowest BCUT2D eigenvalue weighted by Gasteiger charge is -2.00. The number of benzene rings is 1. The maximum absolute atomic E-state index is 12.3. The van der Waals surface area contributed by atoms with Gasteiger partial charge in [-0.3, -0.25) is 9.59 Å². The van der Waals surface area contributed by atoms with Crippen molar-refractivity contribution in [3.63, 3.8) is 0 Å². The number of hydrogen-bond acceptors (Lipinski definition) is 5. The van der Waals surface area contributed by atoms with E-state index in [-0.39, 0.29) is 16.9 Å². The van der Waals surface area contributed by atoms with Crippen LogP contribution in [0.4, 0.5) is 0 Å². The van der Waals surface area contributed by atoms with Crippen LogP contribution >= 0.6 is 35.6 Å². The van der Waals surface area contributed by atoms with Crippen LogP contribution in [0.2, 0.25) is 5.02 Å². The molecule has 7 heteroatoms. The number of thioether (sulfide) groups is 1. The van der Waals surface area contributed by atoms with E-state index in [1.807, 2.05) is 0 Å². The van der Waals surface area contributed by atoms with Crippen LogP contribution in [-0.4, -0.2) is 10.2 Å². The molecular weight excluding hydrogens is 318 g/mol. The second-order valence-corrected chi connectivity index (χ2v) is 6.11. The molecule has 1 aromatic carbocycles. The summed E-state index contributed by atoms with van der Waals surface area (Å²) in [5, 5.41) is 3.23. The second-order valence-electron chi connectivity index (χ2n) is 3.99. The molecule has 0 bridgehead atoms. The summed E-state index contributed by atoms with van der Waals surface area (Å²) in [7, 11) is 0. The number of halogens is 1. The van der Waals surface area contributed by atoms with E-state index in [4.69, 9.17) is 28.2 Å². The van der Waals surface area contributed by atoms with Gasteiger partial charge in [-0.15, -0.1) is 0 Å². The molecule has 2 heterocycles. The number of carbonyl (C=O) groups excluding carboxylic acids is 1. The molecule has 1 N–H and O–H groups in total. The van der Waals surface area contributed by atoms with Crippen LogP contribution in [0.15, 0.2) is 38.6 Å². The topological polar surface area (TPSA) is 59.3 Å². The molecule has 100 valence electrons. The number of nitrogens with one attached hydrogen (secondary N) is 1. The molecule has 0 radical (unpaired) electrons. The molecule has 1 aliphatic rings. The molecule has 1 saturated heterocycles. The number of para-hydroxylation sites is 1. The smallest absolute Gasteiger partial charge is 0.263 e. The van der Waals surface area contributed by atoms with Gasteiger partial charge in [-0.05, 0) is 18.2 Å². The first kappa shape index (κ1) is 13.4. The molecule has 3 rings (SSSR count). The van der Waals surface area contributed by atoms with E-state index in [0.29, 0.717) is 25.2 Å². The van der Waals surface area contributed by atoms with Crippen molar-refractivity contribution in [2.45, 2.75) is 0 Å². The van der Waals surface area contributed by atoms with Crippen molar-refractivity contribution in [1.82, 2.24) is 5.32 Å². The van der Waals surface area contributed by atoms with E-state index < -0.39 is 0 Å². The first-order valence-electron chi connectivity index (χ1n) is 5.51. The molecule has 1 aromatic heterocycles. The molecule has 0 spiro atoms. The molecule has 0 unspecified atom stereocenters. The predicted octanol–water partition coefficient (Wildman–Crippen LogP) is 2.94. The quantitative estimate of drug-likeness (QED) is 0.646. The zero-order chi connectivity index (χ0) is 14.3. The minimum Gasteiger partial charge on any atom is -0.462 e. The fourth-order valence-corrected chi connectivity index (χ4v) is 3.05. The summed E-state index contributed by atoms with van der Waals surface area (Å²) in [6.45, 7) is 0. The summed E-state index contributed by atoms with van der Waals surface area (Å²) in [6.07, 6.45) is 2.75. The minimum absolute atomic E-state index is 0.243. The van der Waals surface area contributed by atoms with E-state index in [1.54, 1.807) is 18.2 Å². The Morgan fingerprint density at radius 1 is 1.35 bits per heavy atom. The van der Waals surface area contributed by atoms with Crippen molar-refractivity contribution in [1.29, 1.82) is 0 Å². The number of hydrogen-bond donors (Lipinski definition) is 1. The van der Waals surface area contributed by atoms with E-state index in [0.717, 1.165) is 11.8 Å². The Morgan fingerprint density at radius 3 is 2.85 bits per heavy atom. The molecule has 0 atom stereocenters. The highest BCUT2D eigenvalue weighted by atomic mass is 35.5. The number of carbonyl (C=O) groups is 1. The van der Waals surface area contributed by atoms with Gasteiger partial charge in [0.05, 0.1) is 20.9 Å². The van der Waals surface area contributed by atoms with Crippen molar-refractivity contribution >= 4 is 62.9 Å². The Labute approximate surface area is 127 Å². The molecule has 1 fully saturated rings. The van der Waals surface area contributed by atoms with E-state index >= 15 is 0 Å². The Hall–Kier alpha value is -1.63. The summed E-state index contributed by atoms with van der Waals surface area (Å²) in [6, 6.07) is 4.94. The standard InChI is InChI=1S/C13H6ClNO3S2/c14-8-3-1-2-7-10(16)6(5-18-11(7)8)4-9-12(17)15-13(19)20-9/h1-5H,(H,15,17,19). The Morgan fingerprint density at radius 2 is 2.15 bits per heavy atom. The van der Waals surface area contributed by atoms with Gasteiger partial charge in [0.15, 0.2) is 11.0 Å². The summed E-state index contributed by atoms with van der Waals surface area (Å²) < 4.78 is 5.75. The lowest BCUT2D eigenvalue weighted by Crippen LogP contribution is -2.17. The third-order valence-corrected chi connectivity index (χ3v) is 4.17. The van der Waals surface area contributed by atoms with Crippen LogP contribution < -0.4 is 10.7 Å². The first-order chi connectivity index (χ1) is 9.56. The SMILES string of the molecule is O=C1NC(=S)SC1=Cc1coc2c(Cl)cccc2c1=O. The van der Waals surface area contributed by atoms with Crippen LogP contribution in [0.3, 0.4) is 0 Å². The molecule has 1 aliphatic heterocycles. The van der Waals surface area contributed by atoms with Crippen LogP contribution in [0.25, 0.3) is 17.0 Å². The van der Waals surface area contributed by atoms with Gasteiger partial charge in [0.2, 0.25) is 0 Å². The van der Waals surface area contributed by atoms with Crippen LogP contribution in [0, 0.1) is 0 Å². The van der Waals surface area contributed by atoms with Crippen LogP contribution in [-0.2, 0) is 4.79 Å². The summed E-state index contributed by atoms with van der Waals surface area (Å²) >= 11 is 12.0. The lowest BCUT2D eigenvalue weighted by atomic mass is 10.1. The zero-order valence-corrected chi connectivity index (χ0v) is 12.2. The number of amides is 1. The third kappa shape index (κ3) is 2.26. The van der Waals surface area contributed by atoms with Gasteiger partial charge in [-0.1, -0.05) is 41.6 Å². The summed E-state index contributed by atoms with van der Waals surface area (Å²) in [5.74, 6) is -0.314. The highest BCUT2D eigenvalue weighted by molar-refractivity contribution is 8.26. The van der Waals surface area contributed by atoms with Gasteiger partial charge in [0.25, 0.3) is 5.91 Å². The van der Waals surface area contributed by atoms with Crippen molar-refractivity contribution < 1.29 is 9.21 Å². The van der Waals surface area contributed by atoms with Crippen LogP contribution in [0.5, 0.6) is 0 Å². The van der Waals surface area contributed by atoms with Crippen molar-refractivity contribution in [3.8, 4) is 0 Å². The maximum Gasteiger partial charge on any atom is 0.263 e. The molecule has 20 heavy (non-hydrogen) atoms. The molecular formula is C13H6ClNO3S2. The van der Waals surface area contributed by atoms with Crippen molar-refractivity contribution in [2.24, 2.45) is 0 Å². The van der Waals surface area contributed by atoms with Gasteiger partial charge in [-0.25, -0.2) is 0 Å². The average Bonchev–Trinajstić information content (AvgIpc) is 2.72. The number of rotatable bonds is 1. The highest BCUT2D eigenvalue weighted by Gasteiger charge is 2.22. The Bertz CT molecular complexity index is 841. The normalized spacial score (nSPS) is 16.9. The second kappa shape index (κ2) is 5.05. The van der Waals surface area contributed by atoms with E-state index in [9.17, 15) is 9.59 Å².